The molecule has 4 rings (SSSR count). The van der Waals surface area contributed by atoms with Crippen molar-refractivity contribution in [2.24, 2.45) is 0 Å². The molecule has 2 heterocycles. The second-order valence-electron chi connectivity index (χ2n) is 7.50. The average molecular weight is 450 g/mol. The van der Waals surface area contributed by atoms with Crippen LogP contribution in [0.3, 0.4) is 0 Å². The lowest BCUT2D eigenvalue weighted by Gasteiger charge is -2.11. The SMILES string of the molecule is Cc1ccc(S(=O)(=O)Nc2ccc(Oc3cc(-n4nc(C)cc4C)nc(C)n3)cc2)cc1. The Morgan fingerprint density at radius 3 is 2.19 bits per heavy atom. The lowest BCUT2D eigenvalue weighted by atomic mass is 10.2. The molecule has 0 unspecified atom stereocenters. The van der Waals surface area contributed by atoms with Crippen LogP contribution in [0.25, 0.3) is 5.82 Å². The number of aromatic nitrogens is 4. The van der Waals surface area contributed by atoms with Crippen LogP contribution in [-0.2, 0) is 10.0 Å². The van der Waals surface area contributed by atoms with E-state index < -0.39 is 10.0 Å². The number of rotatable bonds is 6. The van der Waals surface area contributed by atoms with Crippen molar-refractivity contribution in [3.63, 3.8) is 0 Å². The van der Waals surface area contributed by atoms with Crippen molar-refractivity contribution < 1.29 is 13.2 Å². The van der Waals surface area contributed by atoms with Crippen LogP contribution in [0.5, 0.6) is 11.6 Å². The largest absolute Gasteiger partial charge is 0.439 e. The first-order valence-electron chi connectivity index (χ1n) is 9.96. The van der Waals surface area contributed by atoms with Gasteiger partial charge >= 0.3 is 0 Å². The number of hydrogen-bond acceptors (Lipinski definition) is 6. The minimum absolute atomic E-state index is 0.205. The van der Waals surface area contributed by atoms with Gasteiger partial charge in [-0.25, -0.2) is 18.1 Å². The van der Waals surface area contributed by atoms with Gasteiger partial charge in [-0.3, -0.25) is 4.72 Å². The monoisotopic (exact) mass is 449 g/mol. The maximum Gasteiger partial charge on any atom is 0.261 e. The third-order valence-corrected chi connectivity index (χ3v) is 6.08. The Bertz CT molecular complexity index is 1360. The summed E-state index contributed by atoms with van der Waals surface area (Å²) in [7, 11) is -3.67. The molecule has 0 spiro atoms. The van der Waals surface area contributed by atoms with Gasteiger partial charge in [0.05, 0.1) is 10.6 Å². The highest BCUT2D eigenvalue weighted by Crippen LogP contribution is 2.25. The Hall–Kier alpha value is -3.72. The van der Waals surface area contributed by atoms with E-state index in [0.717, 1.165) is 17.0 Å². The molecule has 32 heavy (non-hydrogen) atoms. The fourth-order valence-corrected chi connectivity index (χ4v) is 4.25. The zero-order chi connectivity index (χ0) is 22.9. The molecule has 4 aromatic rings. The van der Waals surface area contributed by atoms with Gasteiger partial charge in [-0.15, -0.1) is 0 Å². The summed E-state index contributed by atoms with van der Waals surface area (Å²) in [4.78, 5) is 8.98. The molecular formula is C23H23N5O3S. The summed E-state index contributed by atoms with van der Waals surface area (Å²) in [6.07, 6.45) is 0. The topological polar surface area (TPSA) is 99.0 Å². The molecule has 0 aliphatic rings. The Morgan fingerprint density at radius 1 is 0.875 bits per heavy atom. The molecular weight excluding hydrogens is 426 g/mol. The maximum absolute atomic E-state index is 12.6. The van der Waals surface area contributed by atoms with Crippen LogP contribution >= 0.6 is 0 Å². The third kappa shape index (κ3) is 4.78. The van der Waals surface area contributed by atoms with Crippen molar-refractivity contribution in [2.75, 3.05) is 4.72 Å². The summed E-state index contributed by atoms with van der Waals surface area (Å²) < 4.78 is 35.3. The number of sulfonamides is 1. The molecule has 0 bridgehead atoms. The first-order valence-corrected chi connectivity index (χ1v) is 11.4. The van der Waals surface area contributed by atoms with Gasteiger partial charge in [-0.05, 0) is 70.2 Å². The van der Waals surface area contributed by atoms with Gasteiger partial charge in [0.2, 0.25) is 5.88 Å². The number of aryl methyl sites for hydroxylation is 4. The number of nitrogens with zero attached hydrogens (tertiary/aromatic N) is 4. The Balaban J connectivity index is 1.52. The van der Waals surface area contributed by atoms with E-state index in [-0.39, 0.29) is 4.90 Å². The van der Waals surface area contributed by atoms with Gasteiger partial charge in [0.25, 0.3) is 10.0 Å². The van der Waals surface area contributed by atoms with E-state index in [9.17, 15) is 8.42 Å². The van der Waals surface area contributed by atoms with E-state index in [1.807, 2.05) is 26.8 Å². The molecule has 0 radical (unpaired) electrons. The predicted octanol–water partition coefficient (Wildman–Crippen LogP) is 4.49. The van der Waals surface area contributed by atoms with Gasteiger partial charge in [0.15, 0.2) is 5.82 Å². The van der Waals surface area contributed by atoms with Crippen molar-refractivity contribution in [2.45, 2.75) is 32.6 Å². The summed E-state index contributed by atoms with van der Waals surface area (Å²) in [6, 6.07) is 17.0. The van der Waals surface area contributed by atoms with Crippen molar-refractivity contribution in [1.29, 1.82) is 0 Å². The minimum Gasteiger partial charge on any atom is -0.439 e. The van der Waals surface area contributed by atoms with E-state index in [4.69, 9.17) is 4.74 Å². The zero-order valence-corrected chi connectivity index (χ0v) is 19.0. The summed E-state index contributed by atoms with van der Waals surface area (Å²) >= 11 is 0. The lowest BCUT2D eigenvalue weighted by molar-refractivity contribution is 0.459. The molecule has 0 aliphatic carbocycles. The van der Waals surface area contributed by atoms with E-state index in [1.165, 1.54) is 0 Å². The standard InChI is InChI=1S/C23H23N5O3S/c1-15-5-11-21(12-6-15)32(29,30)27-19-7-9-20(10-8-19)31-23-14-22(24-18(4)25-23)28-17(3)13-16(2)26-28/h5-14,27H,1-4H3. The Morgan fingerprint density at radius 2 is 1.56 bits per heavy atom. The second kappa shape index (κ2) is 8.43. The lowest BCUT2D eigenvalue weighted by Crippen LogP contribution is -2.12. The molecule has 0 fully saturated rings. The van der Waals surface area contributed by atoms with Crippen molar-refractivity contribution in [1.82, 2.24) is 19.7 Å². The smallest absolute Gasteiger partial charge is 0.261 e. The van der Waals surface area contributed by atoms with Crippen LogP contribution < -0.4 is 9.46 Å². The summed E-state index contributed by atoms with van der Waals surface area (Å²) in [5, 5.41) is 4.45. The van der Waals surface area contributed by atoms with Gasteiger partial charge < -0.3 is 4.74 Å². The van der Waals surface area contributed by atoms with Crippen molar-refractivity contribution in [3.8, 4) is 17.4 Å². The van der Waals surface area contributed by atoms with E-state index in [2.05, 4.69) is 19.8 Å². The van der Waals surface area contributed by atoms with Crippen molar-refractivity contribution in [3.05, 3.63) is 83.4 Å². The molecule has 2 aromatic carbocycles. The number of anilines is 1. The molecule has 0 saturated carbocycles. The van der Waals surface area contributed by atoms with Crippen molar-refractivity contribution >= 4 is 15.7 Å². The molecule has 0 atom stereocenters. The van der Waals surface area contributed by atoms with E-state index in [0.29, 0.717) is 29.0 Å². The fourth-order valence-electron chi connectivity index (χ4n) is 3.19. The van der Waals surface area contributed by atoms with Gasteiger partial charge in [0, 0.05) is 17.4 Å². The molecule has 8 nitrogen and oxygen atoms in total. The van der Waals surface area contributed by atoms with Gasteiger partial charge in [-0.2, -0.15) is 10.1 Å². The first kappa shape index (κ1) is 21.5. The Labute approximate surface area is 187 Å². The van der Waals surface area contributed by atoms with Gasteiger partial charge in [-0.1, -0.05) is 17.7 Å². The minimum atomic E-state index is -3.67. The summed E-state index contributed by atoms with van der Waals surface area (Å²) in [5.41, 5.74) is 3.27. The predicted molar refractivity (Wildman–Crippen MR) is 122 cm³/mol. The van der Waals surface area contributed by atoms with Crippen LogP contribution in [0, 0.1) is 27.7 Å². The summed E-state index contributed by atoms with van der Waals surface area (Å²) in [5.74, 6) is 2.04. The highest BCUT2D eigenvalue weighted by Gasteiger charge is 2.14. The number of hydrogen-bond donors (Lipinski definition) is 1. The number of benzene rings is 2. The first-order chi connectivity index (χ1) is 15.2. The summed E-state index contributed by atoms with van der Waals surface area (Å²) in [6.45, 7) is 7.56. The second-order valence-corrected chi connectivity index (χ2v) is 9.18. The quantitative estimate of drug-likeness (QED) is 0.466. The molecule has 0 amide bonds. The van der Waals surface area contributed by atoms with Crippen LogP contribution in [0.4, 0.5) is 5.69 Å². The van der Waals surface area contributed by atoms with Crippen LogP contribution in [0.15, 0.2) is 65.6 Å². The van der Waals surface area contributed by atoms with E-state index >= 15 is 0 Å². The third-order valence-electron chi connectivity index (χ3n) is 4.69. The average Bonchev–Trinajstić information content (AvgIpc) is 3.07. The molecule has 164 valence electrons. The molecule has 9 heteroatoms. The molecule has 1 N–H and O–H groups in total. The molecule has 2 aromatic heterocycles. The van der Waals surface area contributed by atoms with Crippen LogP contribution in [0.1, 0.15) is 22.8 Å². The number of nitrogens with one attached hydrogen (secondary N) is 1. The maximum atomic E-state index is 12.6. The molecule has 0 saturated heterocycles. The van der Waals surface area contributed by atoms with E-state index in [1.54, 1.807) is 66.2 Å². The normalized spacial score (nSPS) is 11.4. The highest BCUT2D eigenvalue weighted by atomic mass is 32.2. The number of ether oxygens (including phenoxy) is 1. The Kier molecular flexibility index (Phi) is 5.67. The highest BCUT2D eigenvalue weighted by molar-refractivity contribution is 7.92. The molecule has 0 aliphatic heterocycles. The van der Waals surface area contributed by atoms with Gasteiger partial charge in [0.1, 0.15) is 11.6 Å². The fraction of sp³-hybridized carbons (Fsp3) is 0.174. The van der Waals surface area contributed by atoms with Crippen LogP contribution in [-0.4, -0.2) is 28.2 Å². The van der Waals surface area contributed by atoms with Crippen LogP contribution in [0.2, 0.25) is 0 Å². The zero-order valence-electron chi connectivity index (χ0n) is 18.2.